The Hall–Kier alpha value is -6.76. The zero-order valence-corrected chi connectivity index (χ0v) is 28.6. The molecule has 264 valence electrons. The van der Waals surface area contributed by atoms with Crippen molar-refractivity contribution in [1.29, 1.82) is 0 Å². The molecule has 13 heteroatoms. The lowest BCUT2D eigenvalue weighted by Gasteiger charge is -2.33. The van der Waals surface area contributed by atoms with E-state index < -0.39 is 5.97 Å². The van der Waals surface area contributed by atoms with Crippen molar-refractivity contribution in [3.8, 4) is 28.3 Å². The quantitative estimate of drug-likeness (QED) is 0.148. The maximum Gasteiger partial charge on any atom is 0.251 e. The number of ether oxygens (including phenoxy) is 1. The average Bonchev–Trinajstić information content (AvgIpc) is 3.59. The highest BCUT2D eigenvalue weighted by Crippen LogP contribution is 2.42. The monoisotopic (exact) mass is 706 g/mol. The summed E-state index contributed by atoms with van der Waals surface area (Å²) in [7, 11) is 0. The van der Waals surface area contributed by atoms with Gasteiger partial charge in [-0.25, -0.2) is 9.56 Å². The summed E-state index contributed by atoms with van der Waals surface area (Å²) in [6.07, 6.45) is 3.78. The minimum atomic E-state index is -1.33. The van der Waals surface area contributed by atoms with Crippen molar-refractivity contribution >= 4 is 45.6 Å². The van der Waals surface area contributed by atoms with E-state index in [0.29, 0.717) is 45.1 Å². The van der Waals surface area contributed by atoms with Crippen molar-refractivity contribution in [1.82, 2.24) is 29.8 Å². The Morgan fingerprint density at radius 1 is 0.943 bits per heavy atom. The molecule has 13 nitrogen and oxygen atoms in total. The predicted molar refractivity (Wildman–Crippen MR) is 197 cm³/mol. The summed E-state index contributed by atoms with van der Waals surface area (Å²) >= 11 is 0. The lowest BCUT2D eigenvalue weighted by Crippen LogP contribution is -2.40. The number of carboxylic acid groups (broad SMARTS) is 1. The van der Waals surface area contributed by atoms with Crippen LogP contribution in [0.3, 0.4) is 0 Å². The maximum atomic E-state index is 13.6. The van der Waals surface area contributed by atoms with Crippen LogP contribution in [0.5, 0.6) is 5.88 Å². The number of aromatic nitrogens is 4. The maximum absolute atomic E-state index is 13.6. The van der Waals surface area contributed by atoms with Crippen LogP contribution in [0.4, 0.5) is 11.6 Å². The number of hydrogen-bond acceptors (Lipinski definition) is 10. The number of anilines is 2. The van der Waals surface area contributed by atoms with Gasteiger partial charge in [0.2, 0.25) is 17.2 Å². The van der Waals surface area contributed by atoms with Crippen molar-refractivity contribution in [3.05, 3.63) is 113 Å². The molecule has 4 aliphatic rings. The van der Waals surface area contributed by atoms with Gasteiger partial charge in [-0.05, 0) is 53.4 Å². The first-order valence-corrected chi connectivity index (χ1v) is 17.5. The number of nitrogen functional groups attached to an aromatic ring is 1. The third kappa shape index (κ3) is 6.05. The van der Waals surface area contributed by atoms with Gasteiger partial charge in [-0.2, -0.15) is 9.97 Å². The minimum Gasteiger partial charge on any atom is -0.545 e. The fraction of sp³-hybridized carbons (Fsp3) is 0.200. The van der Waals surface area contributed by atoms with Crippen LogP contribution in [-0.2, 0) is 13.2 Å². The summed E-state index contributed by atoms with van der Waals surface area (Å²) in [6.45, 7) is 4.40. The molecule has 3 aliphatic heterocycles. The number of carbonyl (C=O) groups is 2. The first kappa shape index (κ1) is 32.2. The largest absolute Gasteiger partial charge is 0.545 e. The van der Waals surface area contributed by atoms with E-state index in [2.05, 4.69) is 34.7 Å². The second-order valence-corrected chi connectivity index (χ2v) is 13.3. The molecule has 5 heterocycles. The number of amides is 1. The molecule has 1 aliphatic carbocycles. The van der Waals surface area contributed by atoms with Crippen LogP contribution >= 0.6 is 0 Å². The number of carboxylic acids is 1. The number of hydrogen-bond donors (Lipinski definition) is 3. The summed E-state index contributed by atoms with van der Waals surface area (Å²) in [4.78, 5) is 43.8. The zero-order chi connectivity index (χ0) is 36.1. The summed E-state index contributed by atoms with van der Waals surface area (Å²) in [6, 6.07) is 24.3. The van der Waals surface area contributed by atoms with E-state index >= 15 is 0 Å². The zero-order valence-electron chi connectivity index (χ0n) is 28.6. The van der Waals surface area contributed by atoms with Crippen LogP contribution in [0.2, 0.25) is 0 Å². The van der Waals surface area contributed by atoms with E-state index in [1.54, 1.807) is 6.07 Å². The van der Waals surface area contributed by atoms with Crippen molar-refractivity contribution in [3.63, 3.8) is 0 Å². The van der Waals surface area contributed by atoms with Crippen LogP contribution in [-0.4, -0.2) is 58.0 Å². The second kappa shape index (κ2) is 13.1. The Morgan fingerprint density at radius 2 is 1.77 bits per heavy atom. The number of aromatic amines is 1. The molecule has 2 aromatic heterocycles. The fourth-order valence-corrected chi connectivity index (χ4v) is 6.89. The number of benzene rings is 4. The van der Waals surface area contributed by atoms with Crippen LogP contribution in [0.1, 0.15) is 44.7 Å². The fourth-order valence-electron chi connectivity index (χ4n) is 6.89. The number of nitrogens with two attached hydrogens (primary N) is 1. The van der Waals surface area contributed by atoms with E-state index in [9.17, 15) is 14.7 Å². The second-order valence-electron chi connectivity index (χ2n) is 13.3. The van der Waals surface area contributed by atoms with Crippen LogP contribution in [0.15, 0.2) is 89.6 Å². The molecule has 0 unspecified atom stereocenters. The third-order valence-corrected chi connectivity index (χ3v) is 10.0. The number of imidazole rings is 1. The Morgan fingerprint density at radius 3 is 2.53 bits per heavy atom. The normalized spacial score (nSPS) is 14.0. The SMILES string of the molecule is Nc1nc(OCc2ccc(CNC(=O)c3ccc(C(=O)[O-])c(-c4c5ccc(=[N+]6CCC6)cc-5oc5cc(N6CCC6)ccc45)c3)cc2)c2[nH]cnc2n1. The number of H-pyrrole nitrogens is 1. The van der Waals surface area contributed by atoms with Crippen molar-refractivity contribution in [2.45, 2.75) is 26.0 Å². The molecular weight excluding hydrogens is 672 g/mol. The van der Waals surface area contributed by atoms with Crippen molar-refractivity contribution in [2.75, 3.05) is 36.8 Å². The topological polar surface area (TPSA) is 178 Å². The highest BCUT2D eigenvalue weighted by Gasteiger charge is 2.25. The van der Waals surface area contributed by atoms with Gasteiger partial charge in [0.15, 0.2) is 5.65 Å². The summed E-state index contributed by atoms with van der Waals surface area (Å²) in [5, 5.41) is 17.4. The van der Waals surface area contributed by atoms with Gasteiger partial charge in [0.25, 0.3) is 5.91 Å². The number of rotatable bonds is 9. The Balaban J connectivity index is 1.00. The Bertz CT molecular complexity index is 2600. The molecule has 0 spiro atoms. The molecule has 4 N–H and O–H groups in total. The van der Waals surface area contributed by atoms with E-state index in [1.165, 1.54) is 18.5 Å². The van der Waals surface area contributed by atoms with Crippen molar-refractivity contribution in [2.24, 2.45) is 0 Å². The summed E-state index contributed by atoms with van der Waals surface area (Å²) < 4.78 is 14.7. The first-order chi connectivity index (χ1) is 25.9. The van der Waals surface area contributed by atoms with Crippen LogP contribution in [0, 0.1) is 0 Å². The van der Waals surface area contributed by atoms with Gasteiger partial charge < -0.3 is 40.0 Å². The lowest BCUT2D eigenvalue weighted by molar-refractivity contribution is -0.254. The van der Waals surface area contributed by atoms with Gasteiger partial charge >= 0.3 is 0 Å². The summed E-state index contributed by atoms with van der Waals surface area (Å²) in [5.41, 5.74) is 12.3. The van der Waals surface area contributed by atoms with Gasteiger partial charge in [0.1, 0.15) is 36.6 Å². The number of fused-ring (bicyclic) bond motifs is 3. The minimum absolute atomic E-state index is 0.00953. The van der Waals surface area contributed by atoms with E-state index in [-0.39, 0.29) is 30.6 Å². The molecule has 0 saturated carbocycles. The molecule has 2 fully saturated rings. The molecule has 2 saturated heterocycles. The van der Waals surface area contributed by atoms with Crippen molar-refractivity contribution < 1.29 is 23.8 Å². The van der Waals surface area contributed by atoms with Gasteiger partial charge in [0, 0.05) is 65.1 Å². The van der Waals surface area contributed by atoms with E-state index in [1.807, 2.05) is 60.7 Å². The standard InChI is InChI=1S/C40H34N8O5/c41-40-45-36-35(43-22-44-36)38(46-40)52-21-24-5-3-23(4-6-24)20-42-37(49)25-7-10-28(39(50)51)31(17-25)34-29-11-8-26(47-13-1-14-47)18-32(29)53-33-19-27(9-12-30(33)34)48-15-2-16-48/h3-12,17-19,22H,1-2,13-16,20-21H2,(H4-,41,42,43,44,45,46,49,50,51). The molecule has 5 aromatic rings. The van der Waals surface area contributed by atoms with Crippen LogP contribution in [0.25, 0.3) is 44.6 Å². The molecule has 3 aromatic carbocycles. The Kier molecular flexibility index (Phi) is 7.95. The van der Waals surface area contributed by atoms with Gasteiger partial charge in [-0.15, -0.1) is 0 Å². The molecule has 0 bridgehead atoms. The smallest absolute Gasteiger partial charge is 0.251 e. The number of nitrogens with zero attached hydrogens (tertiary/aromatic N) is 5. The Labute approximate surface area is 302 Å². The molecule has 0 atom stereocenters. The predicted octanol–water partition coefficient (Wildman–Crippen LogP) is 3.71. The summed E-state index contributed by atoms with van der Waals surface area (Å²) in [5.74, 6) is -0.654. The molecular formula is C40H34N8O5. The van der Waals surface area contributed by atoms with Gasteiger partial charge in [-0.3, -0.25) is 4.79 Å². The average molecular weight is 707 g/mol. The van der Waals surface area contributed by atoms with E-state index in [4.69, 9.17) is 14.9 Å². The van der Waals surface area contributed by atoms with Crippen LogP contribution < -0.4 is 35.7 Å². The molecule has 53 heavy (non-hydrogen) atoms. The van der Waals surface area contributed by atoms with Gasteiger partial charge in [0.05, 0.1) is 24.8 Å². The molecule has 9 rings (SSSR count). The highest BCUT2D eigenvalue weighted by molar-refractivity contribution is 6.09. The van der Waals surface area contributed by atoms with E-state index in [0.717, 1.165) is 72.1 Å². The van der Waals surface area contributed by atoms with Gasteiger partial charge in [-0.1, -0.05) is 30.3 Å². The molecule has 0 radical (unpaired) electrons. The number of nitrogens with one attached hydrogen (secondary N) is 2. The lowest BCUT2D eigenvalue weighted by atomic mass is 9.89. The first-order valence-electron chi connectivity index (χ1n) is 17.5. The highest BCUT2D eigenvalue weighted by atomic mass is 16.5. The number of carbonyl (C=O) groups excluding carboxylic acids is 2. The third-order valence-electron chi connectivity index (χ3n) is 10.0. The molecule has 1 amide bonds. The number of aromatic carboxylic acids is 1.